The maximum absolute atomic E-state index is 12.8. The molecule has 6 nitrogen and oxygen atoms in total. The SMILES string of the molecule is CCN(CC)S(=O)(=O)c1ccc(C(=O)N2CCN(c3ccc(Cl)cc3)CC2)cc1. The molecular formula is C21H26ClN3O3S. The summed E-state index contributed by atoms with van der Waals surface area (Å²) in [6.07, 6.45) is 0. The first-order chi connectivity index (χ1) is 13.9. The summed E-state index contributed by atoms with van der Waals surface area (Å²) in [4.78, 5) is 17.1. The van der Waals surface area contributed by atoms with Crippen molar-refractivity contribution in [1.82, 2.24) is 9.21 Å². The van der Waals surface area contributed by atoms with Gasteiger partial charge in [-0.3, -0.25) is 4.79 Å². The fourth-order valence-corrected chi connectivity index (χ4v) is 5.07. The van der Waals surface area contributed by atoms with Crippen LogP contribution in [-0.2, 0) is 10.0 Å². The number of benzene rings is 2. The Hall–Kier alpha value is -2.09. The molecule has 1 aliphatic rings. The van der Waals surface area contributed by atoms with Gasteiger partial charge in [0, 0.05) is 55.5 Å². The maximum Gasteiger partial charge on any atom is 0.253 e. The van der Waals surface area contributed by atoms with Crippen LogP contribution in [0.25, 0.3) is 0 Å². The summed E-state index contributed by atoms with van der Waals surface area (Å²) in [5.41, 5.74) is 1.59. The monoisotopic (exact) mass is 435 g/mol. The van der Waals surface area contributed by atoms with E-state index in [4.69, 9.17) is 11.6 Å². The Bertz CT molecular complexity index is 934. The van der Waals surface area contributed by atoms with Crippen molar-refractivity contribution in [2.75, 3.05) is 44.2 Å². The molecule has 0 atom stereocenters. The van der Waals surface area contributed by atoms with E-state index in [2.05, 4.69) is 4.90 Å². The maximum atomic E-state index is 12.8. The molecule has 0 aliphatic carbocycles. The van der Waals surface area contributed by atoms with Gasteiger partial charge in [0.25, 0.3) is 5.91 Å². The topological polar surface area (TPSA) is 60.9 Å². The number of hydrogen-bond donors (Lipinski definition) is 0. The standard InChI is InChI=1S/C21H26ClN3O3S/c1-3-25(4-2)29(27,28)20-11-5-17(6-12-20)21(26)24-15-13-23(14-16-24)19-9-7-18(22)8-10-19/h5-12H,3-4,13-16H2,1-2H3. The highest BCUT2D eigenvalue weighted by molar-refractivity contribution is 7.89. The van der Waals surface area contributed by atoms with Gasteiger partial charge in [0.2, 0.25) is 10.0 Å². The van der Waals surface area contributed by atoms with Gasteiger partial charge in [-0.05, 0) is 48.5 Å². The lowest BCUT2D eigenvalue weighted by atomic mass is 10.1. The average Bonchev–Trinajstić information content (AvgIpc) is 2.75. The van der Waals surface area contributed by atoms with Crippen molar-refractivity contribution in [2.45, 2.75) is 18.7 Å². The molecule has 0 bridgehead atoms. The average molecular weight is 436 g/mol. The Labute approximate surface area is 177 Å². The minimum absolute atomic E-state index is 0.0763. The summed E-state index contributed by atoms with van der Waals surface area (Å²) >= 11 is 5.94. The third-order valence-electron chi connectivity index (χ3n) is 5.20. The van der Waals surface area contributed by atoms with Gasteiger partial charge in [-0.2, -0.15) is 4.31 Å². The molecule has 0 radical (unpaired) electrons. The van der Waals surface area contributed by atoms with E-state index >= 15 is 0 Å². The number of carbonyl (C=O) groups excluding carboxylic acids is 1. The van der Waals surface area contributed by atoms with Crippen LogP contribution in [0.5, 0.6) is 0 Å². The Morgan fingerprint density at radius 1 is 0.931 bits per heavy atom. The Morgan fingerprint density at radius 2 is 1.48 bits per heavy atom. The number of piperazine rings is 1. The minimum atomic E-state index is -3.52. The van der Waals surface area contributed by atoms with Crippen molar-refractivity contribution in [3.63, 3.8) is 0 Å². The molecule has 3 rings (SSSR count). The lowest BCUT2D eigenvalue weighted by Crippen LogP contribution is -2.48. The number of carbonyl (C=O) groups is 1. The first-order valence-electron chi connectivity index (χ1n) is 9.76. The van der Waals surface area contributed by atoms with Crippen LogP contribution in [0.3, 0.4) is 0 Å². The van der Waals surface area contributed by atoms with Gasteiger partial charge in [-0.1, -0.05) is 25.4 Å². The summed E-state index contributed by atoms with van der Waals surface area (Å²) in [6.45, 7) is 7.14. The Morgan fingerprint density at radius 3 is 2.00 bits per heavy atom. The van der Waals surface area contributed by atoms with Crippen LogP contribution >= 0.6 is 11.6 Å². The number of nitrogens with zero attached hydrogens (tertiary/aromatic N) is 3. The highest BCUT2D eigenvalue weighted by Crippen LogP contribution is 2.21. The Balaban J connectivity index is 1.65. The van der Waals surface area contributed by atoms with Crippen molar-refractivity contribution in [3.8, 4) is 0 Å². The Kier molecular flexibility index (Phi) is 6.82. The van der Waals surface area contributed by atoms with Crippen molar-refractivity contribution in [2.24, 2.45) is 0 Å². The first kappa shape index (κ1) is 21.6. The summed E-state index contributed by atoms with van der Waals surface area (Å²) in [6, 6.07) is 13.9. The fourth-order valence-electron chi connectivity index (χ4n) is 3.48. The van der Waals surface area contributed by atoms with Gasteiger partial charge in [-0.15, -0.1) is 0 Å². The highest BCUT2D eigenvalue weighted by Gasteiger charge is 2.24. The van der Waals surface area contributed by atoms with Crippen LogP contribution in [0.4, 0.5) is 5.69 Å². The van der Waals surface area contributed by atoms with Crippen molar-refractivity contribution < 1.29 is 13.2 Å². The number of sulfonamides is 1. The lowest BCUT2D eigenvalue weighted by molar-refractivity contribution is 0.0746. The normalized spacial score (nSPS) is 15.0. The molecule has 0 saturated carbocycles. The second-order valence-corrected chi connectivity index (χ2v) is 9.24. The number of hydrogen-bond acceptors (Lipinski definition) is 4. The minimum Gasteiger partial charge on any atom is -0.368 e. The highest BCUT2D eigenvalue weighted by atomic mass is 35.5. The van der Waals surface area contributed by atoms with Crippen molar-refractivity contribution >= 4 is 33.2 Å². The third-order valence-corrected chi connectivity index (χ3v) is 7.52. The van der Waals surface area contributed by atoms with Gasteiger partial charge in [0.1, 0.15) is 0 Å². The van der Waals surface area contributed by atoms with E-state index in [1.54, 1.807) is 17.0 Å². The molecule has 0 spiro atoms. The van der Waals surface area contributed by atoms with E-state index in [9.17, 15) is 13.2 Å². The third kappa shape index (κ3) is 4.74. The van der Waals surface area contributed by atoms with Crippen molar-refractivity contribution in [1.29, 1.82) is 0 Å². The molecule has 8 heteroatoms. The predicted octanol–water partition coefficient (Wildman–Crippen LogP) is 3.33. The van der Waals surface area contributed by atoms with Gasteiger partial charge in [0.05, 0.1) is 4.90 Å². The van der Waals surface area contributed by atoms with Crippen LogP contribution in [0.2, 0.25) is 5.02 Å². The molecule has 29 heavy (non-hydrogen) atoms. The molecule has 1 aliphatic heterocycles. The van der Waals surface area contributed by atoms with Gasteiger partial charge in [-0.25, -0.2) is 8.42 Å². The fraction of sp³-hybridized carbons (Fsp3) is 0.381. The van der Waals surface area contributed by atoms with E-state index in [0.29, 0.717) is 36.8 Å². The van der Waals surface area contributed by atoms with E-state index in [1.165, 1.54) is 16.4 Å². The molecule has 1 saturated heterocycles. The molecule has 156 valence electrons. The van der Waals surface area contributed by atoms with E-state index in [-0.39, 0.29) is 10.8 Å². The van der Waals surface area contributed by atoms with Gasteiger partial charge in [0.15, 0.2) is 0 Å². The van der Waals surface area contributed by atoms with Gasteiger partial charge < -0.3 is 9.80 Å². The van der Waals surface area contributed by atoms with Crippen LogP contribution in [0.15, 0.2) is 53.4 Å². The number of amides is 1. The van der Waals surface area contributed by atoms with E-state index in [0.717, 1.165) is 18.8 Å². The molecule has 0 aromatic heterocycles. The zero-order valence-electron chi connectivity index (χ0n) is 16.7. The second kappa shape index (κ2) is 9.15. The van der Waals surface area contributed by atoms with E-state index in [1.807, 2.05) is 38.1 Å². The lowest BCUT2D eigenvalue weighted by Gasteiger charge is -2.36. The summed E-state index contributed by atoms with van der Waals surface area (Å²) in [7, 11) is -3.52. The molecule has 2 aromatic carbocycles. The zero-order valence-corrected chi connectivity index (χ0v) is 18.3. The summed E-state index contributed by atoms with van der Waals surface area (Å²) in [5.74, 6) is -0.0763. The predicted molar refractivity (Wildman–Crippen MR) is 116 cm³/mol. The molecule has 1 heterocycles. The number of rotatable bonds is 6. The summed E-state index contributed by atoms with van der Waals surface area (Å²) < 4.78 is 26.6. The van der Waals surface area contributed by atoms with Crippen molar-refractivity contribution in [3.05, 3.63) is 59.1 Å². The molecule has 0 unspecified atom stereocenters. The smallest absolute Gasteiger partial charge is 0.253 e. The first-order valence-corrected chi connectivity index (χ1v) is 11.6. The molecule has 1 fully saturated rings. The molecule has 1 amide bonds. The molecule has 0 N–H and O–H groups in total. The molecular weight excluding hydrogens is 410 g/mol. The summed E-state index contributed by atoms with van der Waals surface area (Å²) in [5, 5.41) is 0.703. The van der Waals surface area contributed by atoms with Crippen LogP contribution in [-0.4, -0.2) is 62.8 Å². The van der Waals surface area contributed by atoms with Gasteiger partial charge >= 0.3 is 0 Å². The quantitative estimate of drug-likeness (QED) is 0.698. The van der Waals surface area contributed by atoms with E-state index < -0.39 is 10.0 Å². The molecule has 2 aromatic rings. The van der Waals surface area contributed by atoms with Crippen LogP contribution in [0.1, 0.15) is 24.2 Å². The van der Waals surface area contributed by atoms with Crippen LogP contribution < -0.4 is 4.90 Å². The van der Waals surface area contributed by atoms with Crippen LogP contribution in [0, 0.1) is 0 Å². The largest absolute Gasteiger partial charge is 0.368 e. The zero-order chi connectivity index (χ0) is 21.0. The second-order valence-electron chi connectivity index (χ2n) is 6.87. The number of halogens is 1. The number of anilines is 1.